The van der Waals surface area contributed by atoms with Crippen LogP contribution in [0.3, 0.4) is 0 Å². The first-order valence-corrected chi connectivity index (χ1v) is 3.67. The average molecular weight is 173 g/mol. The van der Waals surface area contributed by atoms with Crippen molar-refractivity contribution in [3.05, 3.63) is 11.6 Å². The minimum absolute atomic E-state index is 0.417. The molecular weight excluding hydrogens is 158 g/mol. The predicted molar refractivity (Wildman–Crippen MR) is 46.0 cm³/mol. The van der Waals surface area contributed by atoms with Crippen LogP contribution in [0.25, 0.3) is 0 Å². The third-order valence-corrected chi connectivity index (χ3v) is 1.30. The first kappa shape index (κ1) is 11.0. The molecule has 0 saturated heterocycles. The number of carbonyl (C=O) groups excluding carboxylic acids is 1. The normalized spacial score (nSPS) is 11.1. The Labute approximate surface area is 72.5 Å². The summed E-state index contributed by atoms with van der Waals surface area (Å²) in [7, 11) is 2.96. The maximum atomic E-state index is 10.6. The SMILES string of the molecule is COC/C=C(\C)CNC(=O)OC. The lowest BCUT2D eigenvalue weighted by atomic mass is 10.3. The van der Waals surface area contributed by atoms with E-state index >= 15 is 0 Å². The number of methoxy groups -OCH3 is 2. The van der Waals surface area contributed by atoms with Crippen LogP contribution in [0.2, 0.25) is 0 Å². The second kappa shape index (κ2) is 6.67. The van der Waals surface area contributed by atoms with Gasteiger partial charge in [0.15, 0.2) is 0 Å². The van der Waals surface area contributed by atoms with Crippen molar-refractivity contribution < 1.29 is 14.3 Å². The molecule has 0 aromatic rings. The fraction of sp³-hybridized carbons (Fsp3) is 0.625. The quantitative estimate of drug-likeness (QED) is 0.643. The van der Waals surface area contributed by atoms with Crippen molar-refractivity contribution in [3.63, 3.8) is 0 Å². The molecule has 1 amide bonds. The van der Waals surface area contributed by atoms with Gasteiger partial charge in [-0.3, -0.25) is 0 Å². The Morgan fingerprint density at radius 2 is 2.17 bits per heavy atom. The van der Waals surface area contributed by atoms with Gasteiger partial charge in [0.25, 0.3) is 0 Å². The van der Waals surface area contributed by atoms with Gasteiger partial charge in [-0.05, 0) is 6.92 Å². The third-order valence-electron chi connectivity index (χ3n) is 1.30. The first-order chi connectivity index (χ1) is 5.70. The molecule has 0 radical (unpaired) electrons. The van der Waals surface area contributed by atoms with E-state index in [-0.39, 0.29) is 0 Å². The Morgan fingerprint density at radius 3 is 2.67 bits per heavy atom. The maximum Gasteiger partial charge on any atom is 0.407 e. The molecule has 0 spiro atoms. The molecule has 0 aliphatic carbocycles. The van der Waals surface area contributed by atoms with Crippen LogP contribution in [0.5, 0.6) is 0 Å². The molecule has 70 valence electrons. The van der Waals surface area contributed by atoms with Crippen LogP contribution in [-0.2, 0) is 9.47 Å². The van der Waals surface area contributed by atoms with Crippen molar-refractivity contribution >= 4 is 6.09 Å². The van der Waals surface area contributed by atoms with Crippen molar-refractivity contribution in [3.8, 4) is 0 Å². The highest BCUT2D eigenvalue weighted by Crippen LogP contribution is 1.89. The molecule has 0 bridgehead atoms. The van der Waals surface area contributed by atoms with Crippen LogP contribution in [0, 0.1) is 0 Å². The van der Waals surface area contributed by atoms with Gasteiger partial charge < -0.3 is 14.8 Å². The fourth-order valence-corrected chi connectivity index (χ4v) is 0.582. The van der Waals surface area contributed by atoms with Gasteiger partial charge >= 0.3 is 6.09 Å². The Balaban J connectivity index is 3.55. The van der Waals surface area contributed by atoms with Crippen LogP contribution in [0.15, 0.2) is 11.6 Å². The number of ether oxygens (including phenoxy) is 2. The van der Waals surface area contributed by atoms with E-state index in [2.05, 4.69) is 10.1 Å². The lowest BCUT2D eigenvalue weighted by Crippen LogP contribution is -2.24. The lowest BCUT2D eigenvalue weighted by molar-refractivity contribution is 0.172. The van der Waals surface area contributed by atoms with E-state index in [0.717, 1.165) is 5.57 Å². The molecule has 0 aromatic heterocycles. The first-order valence-electron chi connectivity index (χ1n) is 3.67. The summed E-state index contributed by atoms with van der Waals surface area (Å²) in [5, 5.41) is 2.56. The largest absolute Gasteiger partial charge is 0.453 e. The molecule has 4 heteroatoms. The number of alkyl carbamates (subject to hydrolysis) is 1. The van der Waals surface area contributed by atoms with Crippen molar-refractivity contribution in [2.24, 2.45) is 0 Å². The highest BCUT2D eigenvalue weighted by atomic mass is 16.5. The van der Waals surface area contributed by atoms with E-state index in [4.69, 9.17) is 4.74 Å². The van der Waals surface area contributed by atoms with Crippen LogP contribution in [-0.4, -0.2) is 33.5 Å². The lowest BCUT2D eigenvalue weighted by Gasteiger charge is -2.03. The second-order valence-corrected chi connectivity index (χ2v) is 2.35. The summed E-state index contributed by atoms with van der Waals surface area (Å²) >= 11 is 0. The molecule has 0 heterocycles. The van der Waals surface area contributed by atoms with E-state index in [9.17, 15) is 4.79 Å². The van der Waals surface area contributed by atoms with Crippen molar-refractivity contribution in [1.82, 2.24) is 5.32 Å². The molecule has 4 nitrogen and oxygen atoms in total. The summed E-state index contributed by atoms with van der Waals surface area (Å²) in [4.78, 5) is 10.6. The summed E-state index contributed by atoms with van der Waals surface area (Å²) in [5.41, 5.74) is 1.04. The van der Waals surface area contributed by atoms with E-state index in [1.54, 1.807) is 7.11 Å². The van der Waals surface area contributed by atoms with Crippen molar-refractivity contribution in [1.29, 1.82) is 0 Å². The maximum absolute atomic E-state index is 10.6. The van der Waals surface area contributed by atoms with Crippen molar-refractivity contribution in [2.75, 3.05) is 27.4 Å². The number of hydrogen-bond donors (Lipinski definition) is 1. The summed E-state index contributed by atoms with van der Waals surface area (Å²) in [6.07, 6.45) is 1.48. The Bertz CT molecular complexity index is 166. The number of amides is 1. The number of hydrogen-bond acceptors (Lipinski definition) is 3. The van der Waals surface area contributed by atoms with E-state index in [1.165, 1.54) is 7.11 Å². The monoisotopic (exact) mass is 173 g/mol. The van der Waals surface area contributed by atoms with Crippen LogP contribution >= 0.6 is 0 Å². The molecule has 12 heavy (non-hydrogen) atoms. The van der Waals surface area contributed by atoms with E-state index < -0.39 is 6.09 Å². The Hall–Kier alpha value is -1.03. The predicted octanol–water partition coefficient (Wildman–Crippen LogP) is 0.935. The Morgan fingerprint density at radius 1 is 1.50 bits per heavy atom. The summed E-state index contributed by atoms with van der Waals surface area (Å²) < 4.78 is 9.22. The minimum Gasteiger partial charge on any atom is -0.453 e. The van der Waals surface area contributed by atoms with Gasteiger partial charge in [-0.25, -0.2) is 4.79 Å². The zero-order valence-corrected chi connectivity index (χ0v) is 7.72. The molecule has 0 aliphatic rings. The number of carbonyl (C=O) groups is 1. The molecule has 0 atom stereocenters. The molecule has 0 unspecified atom stereocenters. The summed E-state index contributed by atoms with van der Waals surface area (Å²) in [6.45, 7) is 2.97. The zero-order chi connectivity index (χ0) is 9.40. The summed E-state index contributed by atoms with van der Waals surface area (Å²) in [5.74, 6) is 0. The van der Waals surface area contributed by atoms with Gasteiger partial charge in [-0.15, -0.1) is 0 Å². The van der Waals surface area contributed by atoms with Crippen LogP contribution in [0.1, 0.15) is 6.92 Å². The molecule has 0 aliphatic heterocycles. The second-order valence-electron chi connectivity index (χ2n) is 2.35. The van der Waals surface area contributed by atoms with Gasteiger partial charge in [-0.1, -0.05) is 11.6 Å². The topological polar surface area (TPSA) is 47.6 Å². The fourth-order valence-electron chi connectivity index (χ4n) is 0.582. The van der Waals surface area contributed by atoms with Gasteiger partial charge in [0.1, 0.15) is 0 Å². The van der Waals surface area contributed by atoms with Gasteiger partial charge in [-0.2, -0.15) is 0 Å². The zero-order valence-electron chi connectivity index (χ0n) is 7.72. The van der Waals surface area contributed by atoms with E-state index in [0.29, 0.717) is 13.2 Å². The number of rotatable bonds is 4. The Kier molecular flexibility index (Phi) is 6.09. The summed E-state index contributed by atoms with van der Waals surface area (Å²) in [6, 6.07) is 0. The van der Waals surface area contributed by atoms with Crippen LogP contribution in [0.4, 0.5) is 4.79 Å². The van der Waals surface area contributed by atoms with Gasteiger partial charge in [0, 0.05) is 13.7 Å². The molecule has 0 rings (SSSR count). The van der Waals surface area contributed by atoms with Gasteiger partial charge in [0.05, 0.1) is 13.7 Å². The standard InChI is InChI=1S/C8H15NO3/c1-7(4-5-11-2)6-9-8(10)12-3/h4H,5-6H2,1-3H3,(H,9,10)/b7-4+. The smallest absolute Gasteiger partial charge is 0.407 e. The number of nitrogens with one attached hydrogen (secondary N) is 1. The highest BCUT2D eigenvalue weighted by Gasteiger charge is 1.96. The molecule has 0 fully saturated rings. The van der Waals surface area contributed by atoms with Crippen molar-refractivity contribution in [2.45, 2.75) is 6.92 Å². The highest BCUT2D eigenvalue weighted by molar-refractivity contribution is 5.67. The third kappa shape index (κ3) is 5.73. The molecule has 0 aromatic carbocycles. The van der Waals surface area contributed by atoms with E-state index in [1.807, 2.05) is 13.0 Å². The molecule has 1 N–H and O–H groups in total. The molecule has 0 saturated carbocycles. The minimum atomic E-state index is -0.417. The van der Waals surface area contributed by atoms with Crippen LogP contribution < -0.4 is 5.32 Å². The molecular formula is C8H15NO3. The van der Waals surface area contributed by atoms with Gasteiger partial charge in [0.2, 0.25) is 0 Å². The average Bonchev–Trinajstić information content (AvgIpc) is 2.10.